The van der Waals surface area contributed by atoms with Crippen molar-refractivity contribution in [2.45, 2.75) is 0 Å². The van der Waals surface area contributed by atoms with Crippen LogP contribution in [0, 0.1) is 0 Å². The van der Waals surface area contributed by atoms with Gasteiger partial charge in [0.2, 0.25) is 5.52 Å². The summed E-state index contributed by atoms with van der Waals surface area (Å²) in [4.78, 5) is 3.44. The summed E-state index contributed by atoms with van der Waals surface area (Å²) in [5, 5.41) is 6.39. The number of nitrogens with one attached hydrogen (secondary N) is 1. The molecule has 3 aromatic carbocycles. The zero-order valence-corrected chi connectivity index (χ0v) is 10.3. The first-order valence-electron chi connectivity index (χ1n) is 6.14. The van der Waals surface area contributed by atoms with E-state index in [1.54, 1.807) is 0 Å². The minimum absolute atomic E-state index is 0. The van der Waals surface area contributed by atoms with Gasteiger partial charge in [0.05, 0.1) is 10.8 Å². The average Bonchev–Trinajstić information content (AvgIpc) is 2.46. The molecule has 92 valence electrons. The van der Waals surface area contributed by atoms with Gasteiger partial charge in [0.1, 0.15) is 0 Å². The number of fused-ring (bicyclic) bond motifs is 5. The van der Waals surface area contributed by atoms with Gasteiger partial charge in [0, 0.05) is 10.8 Å². The van der Waals surface area contributed by atoms with Crippen molar-refractivity contribution >= 4 is 32.4 Å². The van der Waals surface area contributed by atoms with Crippen molar-refractivity contribution in [3.05, 3.63) is 66.9 Å². The van der Waals surface area contributed by atoms with Crippen LogP contribution in [0.5, 0.6) is 0 Å². The molecule has 19 heavy (non-hydrogen) atoms. The lowest BCUT2D eigenvalue weighted by atomic mass is 10.0. The summed E-state index contributed by atoms with van der Waals surface area (Å²) in [5.41, 5.74) is 1.21. The van der Waals surface area contributed by atoms with Crippen LogP contribution in [0.4, 0.5) is 0 Å². The first-order valence-corrected chi connectivity index (χ1v) is 6.14. The van der Waals surface area contributed by atoms with Crippen LogP contribution in [0.3, 0.4) is 0 Å². The fourth-order valence-electron chi connectivity index (χ4n) is 2.67. The molecule has 1 heterocycles. The third-order valence-electron chi connectivity index (χ3n) is 3.55. The number of aromatic nitrogens is 1. The minimum Gasteiger partial charge on any atom is -0.870 e. The van der Waals surface area contributed by atoms with Gasteiger partial charge in [-0.05, 0) is 23.6 Å². The quantitative estimate of drug-likeness (QED) is 0.436. The molecule has 0 radical (unpaired) electrons. The standard InChI is InChI=1S/C17H11N.H2O/c1-4-8-15-12(5-1)9-10-16-14-7-3-2-6-13(14)11-18-17(15)16;/h1-11H;1H2. The molecule has 2 N–H and O–H groups in total. The summed E-state index contributed by atoms with van der Waals surface area (Å²) >= 11 is 0. The van der Waals surface area contributed by atoms with Crippen LogP contribution in [0.2, 0.25) is 0 Å². The fourth-order valence-corrected chi connectivity index (χ4v) is 2.67. The Morgan fingerprint density at radius 1 is 0.579 bits per heavy atom. The molecule has 0 saturated heterocycles. The molecule has 2 heteroatoms. The third-order valence-corrected chi connectivity index (χ3v) is 3.55. The van der Waals surface area contributed by atoms with Gasteiger partial charge < -0.3 is 5.48 Å². The van der Waals surface area contributed by atoms with Gasteiger partial charge in [0.15, 0.2) is 6.20 Å². The zero-order valence-electron chi connectivity index (χ0n) is 10.3. The molecule has 0 aliphatic carbocycles. The molecule has 4 aromatic rings. The molecule has 0 spiro atoms. The van der Waals surface area contributed by atoms with Crippen molar-refractivity contribution in [3.8, 4) is 0 Å². The van der Waals surface area contributed by atoms with Gasteiger partial charge >= 0.3 is 0 Å². The van der Waals surface area contributed by atoms with E-state index in [0.29, 0.717) is 0 Å². The number of benzene rings is 3. The normalized spacial score (nSPS) is 10.7. The third kappa shape index (κ3) is 1.65. The smallest absolute Gasteiger partial charge is 0.219 e. The predicted octanol–water partition coefficient (Wildman–Crippen LogP) is 3.78. The Hall–Kier alpha value is -2.45. The Bertz CT molecular complexity index is 808. The van der Waals surface area contributed by atoms with E-state index in [9.17, 15) is 0 Å². The largest absolute Gasteiger partial charge is 0.870 e. The maximum Gasteiger partial charge on any atom is 0.219 e. The first kappa shape index (κ1) is 11.6. The lowest BCUT2D eigenvalue weighted by Gasteiger charge is -2.02. The molecular formula is C17H13NO. The van der Waals surface area contributed by atoms with Gasteiger partial charge in [0.25, 0.3) is 0 Å². The summed E-state index contributed by atoms with van der Waals surface area (Å²) in [6.45, 7) is 0. The molecule has 0 fully saturated rings. The number of rotatable bonds is 0. The molecule has 0 saturated carbocycles. The average molecular weight is 247 g/mol. The van der Waals surface area contributed by atoms with E-state index < -0.39 is 0 Å². The second-order valence-electron chi connectivity index (χ2n) is 4.59. The van der Waals surface area contributed by atoms with Crippen molar-refractivity contribution < 1.29 is 10.5 Å². The van der Waals surface area contributed by atoms with Crippen LogP contribution in [-0.4, -0.2) is 5.48 Å². The van der Waals surface area contributed by atoms with Gasteiger partial charge in [-0.25, -0.2) is 4.98 Å². The van der Waals surface area contributed by atoms with Crippen molar-refractivity contribution in [3.63, 3.8) is 0 Å². The first-order chi connectivity index (χ1) is 8.93. The van der Waals surface area contributed by atoms with Gasteiger partial charge in [-0.1, -0.05) is 42.5 Å². The molecule has 2 nitrogen and oxygen atoms in total. The highest BCUT2D eigenvalue weighted by Gasteiger charge is 2.09. The summed E-state index contributed by atoms with van der Waals surface area (Å²) < 4.78 is 0. The number of hydrogen-bond donors (Lipinski definition) is 0. The highest BCUT2D eigenvalue weighted by atomic mass is 16.0. The minimum atomic E-state index is 0. The highest BCUT2D eigenvalue weighted by Crippen LogP contribution is 2.27. The van der Waals surface area contributed by atoms with E-state index in [4.69, 9.17) is 0 Å². The Kier molecular flexibility index (Phi) is 2.65. The predicted molar refractivity (Wildman–Crippen MR) is 77.5 cm³/mol. The molecule has 0 amide bonds. The summed E-state index contributed by atoms with van der Waals surface area (Å²) in [6, 6.07) is 21.4. The van der Waals surface area contributed by atoms with Crippen LogP contribution in [0.25, 0.3) is 32.4 Å². The van der Waals surface area contributed by atoms with Crippen molar-refractivity contribution in [1.82, 2.24) is 0 Å². The molecule has 0 bridgehead atoms. The van der Waals surface area contributed by atoms with Crippen molar-refractivity contribution in [2.75, 3.05) is 0 Å². The van der Waals surface area contributed by atoms with Crippen LogP contribution >= 0.6 is 0 Å². The van der Waals surface area contributed by atoms with Crippen LogP contribution in [-0.2, 0) is 0 Å². The van der Waals surface area contributed by atoms with Crippen LogP contribution in [0.15, 0.2) is 66.9 Å². The number of pyridine rings is 1. The lowest BCUT2D eigenvalue weighted by molar-refractivity contribution is -0.341. The maximum absolute atomic E-state index is 3.44. The molecular weight excluding hydrogens is 234 g/mol. The SMILES string of the molecule is [OH-].c1ccc2c(c1)c[nH+]c1c3ccccc3ccc21. The van der Waals surface area contributed by atoms with Gasteiger partial charge in [-0.15, -0.1) is 0 Å². The molecule has 0 aliphatic rings. The maximum atomic E-state index is 3.44. The Morgan fingerprint density at radius 3 is 2.11 bits per heavy atom. The number of aromatic amines is 1. The van der Waals surface area contributed by atoms with E-state index in [1.807, 2.05) is 0 Å². The summed E-state index contributed by atoms with van der Waals surface area (Å²) in [7, 11) is 0. The Labute approximate surface area is 110 Å². The molecule has 1 aromatic heterocycles. The Morgan fingerprint density at radius 2 is 1.26 bits per heavy atom. The lowest BCUT2D eigenvalue weighted by Crippen LogP contribution is -2.03. The van der Waals surface area contributed by atoms with Crippen LogP contribution < -0.4 is 4.98 Å². The second-order valence-corrected chi connectivity index (χ2v) is 4.59. The highest BCUT2D eigenvalue weighted by molar-refractivity contribution is 6.13. The van der Waals surface area contributed by atoms with Crippen molar-refractivity contribution in [2.24, 2.45) is 0 Å². The zero-order chi connectivity index (χ0) is 11.9. The topological polar surface area (TPSA) is 44.1 Å². The molecule has 0 unspecified atom stereocenters. The van der Waals surface area contributed by atoms with E-state index in [2.05, 4.69) is 71.8 Å². The van der Waals surface area contributed by atoms with E-state index in [0.717, 1.165) is 0 Å². The van der Waals surface area contributed by atoms with Gasteiger partial charge in [-0.2, -0.15) is 0 Å². The summed E-state index contributed by atoms with van der Waals surface area (Å²) in [6.07, 6.45) is 2.09. The molecule has 0 atom stereocenters. The number of H-pyrrole nitrogens is 1. The second kappa shape index (κ2) is 4.34. The van der Waals surface area contributed by atoms with Crippen LogP contribution in [0.1, 0.15) is 0 Å². The number of hydrogen-bond acceptors (Lipinski definition) is 1. The van der Waals surface area contributed by atoms with E-state index in [1.165, 1.54) is 32.4 Å². The van der Waals surface area contributed by atoms with E-state index >= 15 is 0 Å². The molecule has 0 aliphatic heterocycles. The molecule has 4 rings (SSSR count). The summed E-state index contributed by atoms with van der Waals surface area (Å²) in [5.74, 6) is 0. The van der Waals surface area contributed by atoms with E-state index in [-0.39, 0.29) is 5.48 Å². The van der Waals surface area contributed by atoms with Crippen molar-refractivity contribution in [1.29, 1.82) is 0 Å². The monoisotopic (exact) mass is 247 g/mol. The van der Waals surface area contributed by atoms with Gasteiger partial charge in [-0.3, -0.25) is 0 Å². The fraction of sp³-hybridized carbons (Fsp3) is 0. The Balaban J connectivity index is 0.00000110.